The summed E-state index contributed by atoms with van der Waals surface area (Å²) in [6, 6.07) is 17.2. The van der Waals surface area contributed by atoms with E-state index in [0.29, 0.717) is 6.42 Å². The third kappa shape index (κ3) is 3.60. The van der Waals surface area contributed by atoms with E-state index in [1.54, 1.807) is 19.2 Å². The minimum absolute atomic E-state index is 0.485. The maximum absolute atomic E-state index is 11.4. The smallest absolute Gasteiger partial charge is 0.310 e. The van der Waals surface area contributed by atoms with Crippen LogP contribution in [0, 0.1) is 0 Å². The Bertz CT molecular complexity index is 546. The van der Waals surface area contributed by atoms with E-state index in [-0.39, 0.29) is 0 Å². The second kappa shape index (κ2) is 6.75. The van der Waals surface area contributed by atoms with Crippen LogP contribution in [-0.2, 0) is 11.2 Å². The topological polar surface area (TPSA) is 46.5 Å². The molecule has 2 rings (SSSR count). The van der Waals surface area contributed by atoms with Gasteiger partial charge in [0.15, 0.2) is 0 Å². The second-order valence-corrected chi connectivity index (χ2v) is 4.69. The zero-order valence-electron chi connectivity index (χ0n) is 11.5. The summed E-state index contributed by atoms with van der Waals surface area (Å²) < 4.78 is 5.09. The molecule has 0 aliphatic carbocycles. The van der Waals surface area contributed by atoms with Gasteiger partial charge in [0.25, 0.3) is 0 Å². The molecule has 0 saturated heterocycles. The Morgan fingerprint density at radius 1 is 1.10 bits per heavy atom. The van der Waals surface area contributed by atoms with Crippen molar-refractivity contribution in [1.29, 1.82) is 0 Å². The highest BCUT2D eigenvalue weighted by atomic mass is 16.5. The summed E-state index contributed by atoms with van der Waals surface area (Å²) in [6.07, 6.45) is 1.34. The van der Waals surface area contributed by atoms with E-state index < -0.39 is 11.9 Å². The third-order valence-electron chi connectivity index (χ3n) is 3.38. The van der Waals surface area contributed by atoms with Gasteiger partial charge in [0.05, 0.1) is 13.0 Å². The van der Waals surface area contributed by atoms with Crippen molar-refractivity contribution in [3.63, 3.8) is 0 Å². The SMILES string of the molecule is COc1ccc(C(CCc2ccccc2)C(=O)O)cc1. The third-order valence-corrected chi connectivity index (χ3v) is 3.38. The van der Waals surface area contributed by atoms with Gasteiger partial charge in [-0.2, -0.15) is 0 Å². The predicted molar refractivity (Wildman–Crippen MR) is 78.1 cm³/mol. The first-order valence-electron chi connectivity index (χ1n) is 6.61. The fourth-order valence-corrected chi connectivity index (χ4v) is 2.22. The molecule has 0 spiro atoms. The molecule has 0 aliphatic rings. The van der Waals surface area contributed by atoms with Gasteiger partial charge in [-0.25, -0.2) is 0 Å². The van der Waals surface area contributed by atoms with Crippen molar-refractivity contribution in [1.82, 2.24) is 0 Å². The van der Waals surface area contributed by atoms with E-state index in [0.717, 1.165) is 23.3 Å². The van der Waals surface area contributed by atoms with Crippen molar-refractivity contribution in [3.05, 3.63) is 65.7 Å². The quantitative estimate of drug-likeness (QED) is 0.874. The van der Waals surface area contributed by atoms with Crippen LogP contribution in [0.1, 0.15) is 23.5 Å². The van der Waals surface area contributed by atoms with Gasteiger partial charge >= 0.3 is 5.97 Å². The number of hydrogen-bond donors (Lipinski definition) is 1. The fraction of sp³-hybridized carbons (Fsp3) is 0.235. The molecule has 20 heavy (non-hydrogen) atoms. The average molecular weight is 270 g/mol. The highest BCUT2D eigenvalue weighted by Crippen LogP contribution is 2.24. The molecule has 0 bridgehead atoms. The zero-order chi connectivity index (χ0) is 14.4. The van der Waals surface area contributed by atoms with E-state index in [9.17, 15) is 9.90 Å². The van der Waals surface area contributed by atoms with Gasteiger partial charge in [0.2, 0.25) is 0 Å². The van der Waals surface area contributed by atoms with Crippen molar-refractivity contribution < 1.29 is 14.6 Å². The van der Waals surface area contributed by atoms with E-state index in [1.807, 2.05) is 42.5 Å². The summed E-state index contributed by atoms with van der Waals surface area (Å²) in [6.45, 7) is 0. The van der Waals surface area contributed by atoms with Gasteiger partial charge in [-0.05, 0) is 36.1 Å². The van der Waals surface area contributed by atoms with Crippen molar-refractivity contribution in [2.45, 2.75) is 18.8 Å². The largest absolute Gasteiger partial charge is 0.497 e. The Balaban J connectivity index is 2.08. The van der Waals surface area contributed by atoms with Gasteiger partial charge in [-0.15, -0.1) is 0 Å². The summed E-state index contributed by atoms with van der Waals surface area (Å²) in [7, 11) is 1.60. The van der Waals surface area contributed by atoms with Crippen LogP contribution in [0.5, 0.6) is 5.75 Å². The van der Waals surface area contributed by atoms with E-state index in [1.165, 1.54) is 0 Å². The summed E-state index contributed by atoms with van der Waals surface area (Å²) in [4.78, 5) is 11.4. The zero-order valence-corrected chi connectivity index (χ0v) is 11.5. The number of carboxylic acids is 1. The van der Waals surface area contributed by atoms with Crippen molar-refractivity contribution in [2.75, 3.05) is 7.11 Å². The molecule has 0 fully saturated rings. The van der Waals surface area contributed by atoms with Gasteiger partial charge < -0.3 is 9.84 Å². The average Bonchev–Trinajstić information content (AvgIpc) is 2.49. The molecule has 0 aliphatic heterocycles. The highest BCUT2D eigenvalue weighted by Gasteiger charge is 2.19. The Morgan fingerprint density at radius 3 is 2.30 bits per heavy atom. The van der Waals surface area contributed by atoms with Crippen LogP contribution in [0.3, 0.4) is 0 Å². The Labute approximate surface area is 118 Å². The molecular formula is C17H18O3. The number of rotatable bonds is 6. The maximum atomic E-state index is 11.4. The molecule has 2 aromatic rings. The minimum atomic E-state index is -0.786. The molecular weight excluding hydrogens is 252 g/mol. The lowest BCUT2D eigenvalue weighted by Gasteiger charge is -2.13. The molecule has 0 amide bonds. The number of methoxy groups -OCH3 is 1. The predicted octanol–water partition coefficient (Wildman–Crippen LogP) is 3.50. The molecule has 0 heterocycles. The summed E-state index contributed by atoms with van der Waals surface area (Å²) >= 11 is 0. The van der Waals surface area contributed by atoms with Gasteiger partial charge in [0.1, 0.15) is 5.75 Å². The summed E-state index contributed by atoms with van der Waals surface area (Å²) in [5, 5.41) is 9.40. The van der Waals surface area contributed by atoms with Crippen LogP contribution in [-0.4, -0.2) is 18.2 Å². The molecule has 0 radical (unpaired) electrons. The van der Waals surface area contributed by atoms with Crippen LogP contribution in [0.25, 0.3) is 0 Å². The van der Waals surface area contributed by atoms with Crippen LogP contribution in [0.4, 0.5) is 0 Å². The van der Waals surface area contributed by atoms with Crippen LogP contribution in [0.2, 0.25) is 0 Å². The van der Waals surface area contributed by atoms with Crippen molar-refractivity contribution in [3.8, 4) is 5.75 Å². The number of benzene rings is 2. The number of carbonyl (C=O) groups is 1. The van der Waals surface area contributed by atoms with Crippen LogP contribution in [0.15, 0.2) is 54.6 Å². The molecule has 2 aromatic carbocycles. The normalized spacial score (nSPS) is 11.8. The summed E-state index contributed by atoms with van der Waals surface area (Å²) in [5.41, 5.74) is 1.97. The first kappa shape index (κ1) is 14.1. The van der Waals surface area contributed by atoms with Crippen molar-refractivity contribution >= 4 is 5.97 Å². The van der Waals surface area contributed by atoms with E-state index >= 15 is 0 Å². The number of aryl methyl sites for hydroxylation is 1. The number of ether oxygens (including phenoxy) is 1. The number of hydrogen-bond acceptors (Lipinski definition) is 2. The first-order valence-corrected chi connectivity index (χ1v) is 6.61. The first-order chi connectivity index (χ1) is 9.70. The lowest BCUT2D eigenvalue weighted by atomic mass is 9.92. The van der Waals surface area contributed by atoms with Crippen molar-refractivity contribution in [2.24, 2.45) is 0 Å². The summed E-state index contributed by atoms with van der Waals surface area (Å²) in [5.74, 6) is -0.534. The second-order valence-electron chi connectivity index (χ2n) is 4.69. The molecule has 3 heteroatoms. The molecule has 1 atom stereocenters. The van der Waals surface area contributed by atoms with Gasteiger partial charge in [0, 0.05) is 0 Å². The lowest BCUT2D eigenvalue weighted by molar-refractivity contribution is -0.138. The molecule has 0 aromatic heterocycles. The molecule has 0 saturated carbocycles. The van der Waals surface area contributed by atoms with Gasteiger partial charge in [-0.3, -0.25) is 4.79 Å². The van der Waals surface area contributed by atoms with E-state index in [2.05, 4.69) is 0 Å². The molecule has 3 nitrogen and oxygen atoms in total. The fourth-order valence-electron chi connectivity index (χ4n) is 2.22. The Kier molecular flexibility index (Phi) is 4.77. The Morgan fingerprint density at radius 2 is 1.75 bits per heavy atom. The minimum Gasteiger partial charge on any atom is -0.497 e. The number of carboxylic acid groups (broad SMARTS) is 1. The standard InChI is InChI=1S/C17H18O3/c1-20-15-10-8-14(9-11-15)16(17(18)19)12-7-13-5-3-2-4-6-13/h2-6,8-11,16H,7,12H2,1H3,(H,18,19). The maximum Gasteiger partial charge on any atom is 0.310 e. The Hall–Kier alpha value is -2.29. The molecule has 104 valence electrons. The van der Waals surface area contributed by atoms with Crippen LogP contribution < -0.4 is 4.74 Å². The molecule has 1 N–H and O–H groups in total. The molecule has 1 unspecified atom stereocenters. The number of aliphatic carboxylic acids is 1. The van der Waals surface area contributed by atoms with Crippen LogP contribution >= 0.6 is 0 Å². The van der Waals surface area contributed by atoms with Gasteiger partial charge in [-0.1, -0.05) is 42.5 Å². The van der Waals surface area contributed by atoms with E-state index in [4.69, 9.17) is 4.74 Å². The lowest BCUT2D eigenvalue weighted by Crippen LogP contribution is -2.12. The monoisotopic (exact) mass is 270 g/mol. The highest BCUT2D eigenvalue weighted by molar-refractivity contribution is 5.76.